The van der Waals surface area contributed by atoms with E-state index < -0.39 is 0 Å². The lowest BCUT2D eigenvalue weighted by Gasteiger charge is -2.27. The van der Waals surface area contributed by atoms with Gasteiger partial charge in [-0.1, -0.05) is 0 Å². The van der Waals surface area contributed by atoms with Gasteiger partial charge in [0.1, 0.15) is 0 Å². The zero-order chi connectivity index (χ0) is 12.1. The molecule has 4 nitrogen and oxygen atoms in total. The number of aromatic amines is 1. The molecule has 1 heterocycles. The Balaban J connectivity index is 1.73. The van der Waals surface area contributed by atoms with Crippen LogP contribution in [0.2, 0.25) is 0 Å². The van der Waals surface area contributed by atoms with Crippen molar-refractivity contribution in [3.05, 3.63) is 24.0 Å². The molecule has 0 unspecified atom stereocenters. The van der Waals surface area contributed by atoms with Crippen LogP contribution in [0.5, 0.6) is 0 Å². The van der Waals surface area contributed by atoms with Gasteiger partial charge in [-0.15, -0.1) is 0 Å². The van der Waals surface area contributed by atoms with E-state index in [9.17, 15) is 4.79 Å². The van der Waals surface area contributed by atoms with E-state index in [1.54, 1.807) is 0 Å². The molecule has 1 aromatic heterocycles. The first kappa shape index (κ1) is 12.2. The van der Waals surface area contributed by atoms with Gasteiger partial charge in [0.2, 0.25) is 5.91 Å². The Labute approximate surface area is 102 Å². The minimum Gasteiger partial charge on any atom is -0.367 e. The number of aromatic nitrogens is 1. The molecule has 1 saturated carbocycles. The maximum atomic E-state index is 11.9. The second-order valence-electron chi connectivity index (χ2n) is 4.77. The fourth-order valence-electron chi connectivity index (χ4n) is 2.45. The van der Waals surface area contributed by atoms with Gasteiger partial charge in [-0.3, -0.25) is 4.79 Å². The number of hydrogen-bond acceptors (Lipinski definition) is 2. The lowest BCUT2D eigenvalue weighted by Crippen LogP contribution is -2.37. The summed E-state index contributed by atoms with van der Waals surface area (Å²) in [6.07, 6.45) is 8.02. The number of carbonyl (C=O) groups excluding carboxylic acids is 1. The lowest BCUT2D eigenvalue weighted by atomic mass is 9.85. The predicted molar refractivity (Wildman–Crippen MR) is 67.4 cm³/mol. The average Bonchev–Trinajstić information content (AvgIpc) is 2.89. The summed E-state index contributed by atoms with van der Waals surface area (Å²) in [6, 6.07) is 2.58. The van der Waals surface area contributed by atoms with Crippen LogP contribution in [-0.2, 0) is 11.3 Å². The van der Waals surface area contributed by atoms with E-state index in [2.05, 4.69) is 15.6 Å². The molecule has 94 valence electrons. The fourth-order valence-corrected chi connectivity index (χ4v) is 2.45. The minimum absolute atomic E-state index is 0.207. The quantitative estimate of drug-likeness (QED) is 0.739. The Morgan fingerprint density at radius 1 is 1.41 bits per heavy atom. The summed E-state index contributed by atoms with van der Waals surface area (Å²) >= 11 is 0. The monoisotopic (exact) mass is 235 g/mol. The average molecular weight is 235 g/mol. The molecule has 0 bridgehead atoms. The van der Waals surface area contributed by atoms with E-state index in [1.807, 2.05) is 25.5 Å². The fraction of sp³-hybridized carbons (Fsp3) is 0.615. The summed E-state index contributed by atoms with van der Waals surface area (Å²) < 4.78 is 0. The normalized spacial score (nSPS) is 24.5. The number of carbonyl (C=O) groups is 1. The molecule has 4 heteroatoms. The van der Waals surface area contributed by atoms with Crippen molar-refractivity contribution in [3.63, 3.8) is 0 Å². The van der Waals surface area contributed by atoms with Crippen LogP contribution in [0.25, 0.3) is 0 Å². The molecule has 17 heavy (non-hydrogen) atoms. The third kappa shape index (κ3) is 3.33. The zero-order valence-corrected chi connectivity index (χ0v) is 10.3. The molecule has 2 rings (SSSR count). The highest BCUT2D eigenvalue weighted by Crippen LogP contribution is 2.24. The van der Waals surface area contributed by atoms with E-state index in [1.165, 1.54) is 0 Å². The van der Waals surface area contributed by atoms with Gasteiger partial charge < -0.3 is 15.6 Å². The topological polar surface area (TPSA) is 56.9 Å². The molecule has 1 aromatic rings. The van der Waals surface area contributed by atoms with Gasteiger partial charge in [-0.25, -0.2) is 0 Å². The molecular formula is C13H21N3O. The number of amides is 1. The first-order valence-electron chi connectivity index (χ1n) is 6.36. The highest BCUT2D eigenvalue weighted by molar-refractivity contribution is 5.78. The molecule has 0 aliphatic heterocycles. The van der Waals surface area contributed by atoms with E-state index in [-0.39, 0.29) is 11.8 Å². The van der Waals surface area contributed by atoms with Crippen molar-refractivity contribution >= 4 is 5.91 Å². The van der Waals surface area contributed by atoms with Crippen LogP contribution in [0.1, 0.15) is 31.2 Å². The van der Waals surface area contributed by atoms with Crippen LogP contribution >= 0.6 is 0 Å². The molecule has 0 saturated heterocycles. The van der Waals surface area contributed by atoms with Gasteiger partial charge in [0.05, 0.1) is 0 Å². The van der Waals surface area contributed by atoms with Gasteiger partial charge in [0.25, 0.3) is 0 Å². The van der Waals surface area contributed by atoms with Crippen LogP contribution < -0.4 is 10.6 Å². The highest BCUT2D eigenvalue weighted by Gasteiger charge is 2.25. The molecule has 1 aliphatic rings. The number of H-pyrrole nitrogens is 1. The van der Waals surface area contributed by atoms with Gasteiger partial charge in [-0.2, -0.15) is 0 Å². The van der Waals surface area contributed by atoms with Crippen molar-refractivity contribution in [2.24, 2.45) is 5.92 Å². The Kier molecular flexibility index (Phi) is 4.20. The maximum absolute atomic E-state index is 11.9. The largest absolute Gasteiger partial charge is 0.367 e. The second-order valence-corrected chi connectivity index (χ2v) is 4.77. The molecular weight excluding hydrogens is 214 g/mol. The highest BCUT2D eigenvalue weighted by atomic mass is 16.1. The van der Waals surface area contributed by atoms with Crippen LogP contribution in [0.4, 0.5) is 0 Å². The van der Waals surface area contributed by atoms with E-state index in [0.717, 1.165) is 31.2 Å². The molecule has 1 amide bonds. The first-order chi connectivity index (χ1) is 8.29. The molecule has 0 atom stereocenters. The van der Waals surface area contributed by atoms with Crippen molar-refractivity contribution in [2.75, 3.05) is 7.05 Å². The Bertz CT molecular complexity index is 340. The van der Waals surface area contributed by atoms with Crippen LogP contribution in [0.3, 0.4) is 0 Å². The van der Waals surface area contributed by atoms with Gasteiger partial charge in [-0.05, 0) is 44.4 Å². The van der Waals surface area contributed by atoms with Crippen molar-refractivity contribution < 1.29 is 4.79 Å². The van der Waals surface area contributed by atoms with E-state index in [0.29, 0.717) is 12.6 Å². The summed E-state index contributed by atoms with van der Waals surface area (Å²) in [4.78, 5) is 14.9. The van der Waals surface area contributed by atoms with Gasteiger partial charge >= 0.3 is 0 Å². The smallest absolute Gasteiger partial charge is 0.223 e. The second kappa shape index (κ2) is 5.87. The van der Waals surface area contributed by atoms with Crippen molar-refractivity contribution in [1.82, 2.24) is 15.6 Å². The third-order valence-electron chi connectivity index (χ3n) is 3.64. The van der Waals surface area contributed by atoms with E-state index in [4.69, 9.17) is 0 Å². The number of nitrogens with one attached hydrogen (secondary N) is 3. The minimum atomic E-state index is 0.207. The van der Waals surface area contributed by atoms with Crippen molar-refractivity contribution in [2.45, 2.75) is 38.3 Å². The van der Waals surface area contributed by atoms with Crippen molar-refractivity contribution in [1.29, 1.82) is 0 Å². The first-order valence-corrected chi connectivity index (χ1v) is 6.36. The number of rotatable bonds is 4. The Morgan fingerprint density at radius 2 is 2.18 bits per heavy atom. The summed E-state index contributed by atoms with van der Waals surface area (Å²) in [5.41, 5.74) is 1.13. The Hall–Kier alpha value is -1.29. The van der Waals surface area contributed by atoms with Gasteiger partial charge in [0, 0.05) is 30.9 Å². The molecule has 1 aliphatic carbocycles. The summed E-state index contributed by atoms with van der Waals surface area (Å²) in [7, 11) is 2.00. The van der Waals surface area contributed by atoms with Crippen LogP contribution in [-0.4, -0.2) is 24.0 Å². The summed E-state index contributed by atoms with van der Waals surface area (Å²) in [5.74, 6) is 0.416. The maximum Gasteiger partial charge on any atom is 0.223 e. The molecule has 0 aromatic carbocycles. The third-order valence-corrected chi connectivity index (χ3v) is 3.64. The number of hydrogen-bond donors (Lipinski definition) is 3. The van der Waals surface area contributed by atoms with Gasteiger partial charge in [0.15, 0.2) is 0 Å². The van der Waals surface area contributed by atoms with E-state index >= 15 is 0 Å². The SMILES string of the molecule is CNC1CCC(C(=O)NCc2cc[nH]c2)CC1. The Morgan fingerprint density at radius 3 is 2.76 bits per heavy atom. The standard InChI is InChI=1S/C13H21N3O/c1-14-12-4-2-11(3-5-12)13(17)16-9-10-6-7-15-8-10/h6-8,11-12,14-15H,2-5,9H2,1H3,(H,16,17). The molecule has 1 fully saturated rings. The molecule has 0 spiro atoms. The zero-order valence-electron chi connectivity index (χ0n) is 10.3. The summed E-state index contributed by atoms with van der Waals surface area (Å²) in [5, 5.41) is 6.29. The van der Waals surface area contributed by atoms with Crippen LogP contribution in [0, 0.1) is 5.92 Å². The molecule has 3 N–H and O–H groups in total. The van der Waals surface area contributed by atoms with Crippen molar-refractivity contribution in [3.8, 4) is 0 Å². The predicted octanol–water partition coefficient (Wildman–Crippen LogP) is 1.41. The lowest BCUT2D eigenvalue weighted by molar-refractivity contribution is -0.126. The van der Waals surface area contributed by atoms with Crippen LogP contribution in [0.15, 0.2) is 18.5 Å². The molecule has 0 radical (unpaired) electrons. The summed E-state index contributed by atoms with van der Waals surface area (Å²) in [6.45, 7) is 0.633.